The van der Waals surface area contributed by atoms with Gasteiger partial charge in [-0.15, -0.1) is 0 Å². The Morgan fingerprint density at radius 3 is 3.29 bits per heavy atom. The first kappa shape index (κ1) is 10.5. The lowest BCUT2D eigenvalue weighted by atomic mass is 9.99. The number of H-pyrrole nitrogens is 1. The first-order valence-electron chi connectivity index (χ1n) is 6.02. The number of piperidine rings is 1. The van der Waals surface area contributed by atoms with E-state index >= 15 is 0 Å². The number of aromatic nitrogens is 3. The Kier molecular flexibility index (Phi) is 2.68. The minimum atomic E-state index is 0.262. The topological polar surface area (TPSA) is 65.0 Å². The Bertz CT molecular complexity index is 510. The van der Waals surface area contributed by atoms with Crippen molar-refractivity contribution in [1.82, 2.24) is 15.0 Å². The number of anilines is 1. The molecular weight excluding hydrogens is 216 g/mol. The second-order valence-corrected chi connectivity index (χ2v) is 4.57. The van der Waals surface area contributed by atoms with Gasteiger partial charge in [0.2, 0.25) is 0 Å². The fourth-order valence-corrected chi connectivity index (χ4v) is 2.52. The van der Waals surface area contributed by atoms with Crippen molar-refractivity contribution in [2.24, 2.45) is 5.92 Å². The zero-order chi connectivity index (χ0) is 11.7. The van der Waals surface area contributed by atoms with Gasteiger partial charge in [0.25, 0.3) is 0 Å². The zero-order valence-corrected chi connectivity index (χ0v) is 9.63. The fourth-order valence-electron chi connectivity index (χ4n) is 2.52. The third-order valence-electron chi connectivity index (χ3n) is 3.41. The summed E-state index contributed by atoms with van der Waals surface area (Å²) in [5.74, 6) is 1.35. The number of hydrogen-bond donors (Lipinski definition) is 2. The molecule has 0 aliphatic carbocycles. The number of aromatic amines is 1. The van der Waals surface area contributed by atoms with Crippen molar-refractivity contribution in [3.8, 4) is 0 Å². The van der Waals surface area contributed by atoms with Gasteiger partial charge in [0.1, 0.15) is 17.8 Å². The molecule has 1 atom stereocenters. The summed E-state index contributed by atoms with van der Waals surface area (Å²) in [5, 5.41) is 10.3. The fraction of sp³-hybridized carbons (Fsp3) is 0.500. The van der Waals surface area contributed by atoms with E-state index in [4.69, 9.17) is 0 Å². The highest BCUT2D eigenvalue weighted by Crippen LogP contribution is 2.26. The molecule has 1 fully saturated rings. The van der Waals surface area contributed by atoms with Gasteiger partial charge in [-0.25, -0.2) is 9.97 Å². The van der Waals surface area contributed by atoms with Gasteiger partial charge >= 0.3 is 0 Å². The molecule has 1 unspecified atom stereocenters. The lowest BCUT2D eigenvalue weighted by molar-refractivity contribution is 0.208. The third kappa shape index (κ3) is 1.86. The molecule has 2 aromatic rings. The number of nitrogens with zero attached hydrogens (tertiary/aromatic N) is 3. The molecule has 3 rings (SSSR count). The quantitative estimate of drug-likeness (QED) is 0.815. The third-order valence-corrected chi connectivity index (χ3v) is 3.41. The molecule has 0 saturated carbocycles. The molecule has 0 radical (unpaired) electrons. The van der Waals surface area contributed by atoms with Crippen LogP contribution < -0.4 is 4.90 Å². The van der Waals surface area contributed by atoms with E-state index in [0.717, 1.165) is 42.8 Å². The minimum absolute atomic E-state index is 0.262. The average molecular weight is 232 g/mol. The van der Waals surface area contributed by atoms with Crippen LogP contribution in [0.1, 0.15) is 12.8 Å². The molecule has 2 aromatic heterocycles. The van der Waals surface area contributed by atoms with E-state index in [0.29, 0.717) is 5.92 Å². The predicted molar refractivity (Wildman–Crippen MR) is 65.9 cm³/mol. The van der Waals surface area contributed by atoms with Crippen LogP contribution in [0.4, 0.5) is 5.82 Å². The van der Waals surface area contributed by atoms with Crippen LogP contribution >= 0.6 is 0 Å². The van der Waals surface area contributed by atoms with E-state index in [1.165, 1.54) is 0 Å². The van der Waals surface area contributed by atoms with Crippen molar-refractivity contribution in [2.75, 3.05) is 24.6 Å². The lowest BCUT2D eigenvalue weighted by Crippen LogP contribution is -2.37. The van der Waals surface area contributed by atoms with Gasteiger partial charge in [-0.05, 0) is 24.8 Å². The second kappa shape index (κ2) is 4.33. The molecule has 0 spiro atoms. The minimum Gasteiger partial charge on any atom is -0.396 e. The number of aliphatic hydroxyl groups is 1. The van der Waals surface area contributed by atoms with Crippen LogP contribution in [0.15, 0.2) is 18.6 Å². The summed E-state index contributed by atoms with van der Waals surface area (Å²) in [6.07, 6.45) is 5.70. The Morgan fingerprint density at radius 2 is 2.41 bits per heavy atom. The van der Waals surface area contributed by atoms with E-state index in [1.807, 2.05) is 12.3 Å². The summed E-state index contributed by atoms with van der Waals surface area (Å²) in [6.45, 7) is 2.15. The van der Waals surface area contributed by atoms with E-state index in [2.05, 4.69) is 19.9 Å². The monoisotopic (exact) mass is 232 g/mol. The smallest absolute Gasteiger partial charge is 0.142 e. The highest BCUT2D eigenvalue weighted by Gasteiger charge is 2.21. The van der Waals surface area contributed by atoms with Crippen LogP contribution in [0, 0.1) is 5.92 Å². The molecule has 90 valence electrons. The van der Waals surface area contributed by atoms with Gasteiger partial charge in [0.05, 0.1) is 5.39 Å². The predicted octanol–water partition coefficient (Wildman–Crippen LogP) is 1.17. The van der Waals surface area contributed by atoms with Crippen molar-refractivity contribution in [1.29, 1.82) is 0 Å². The Balaban J connectivity index is 1.94. The molecule has 17 heavy (non-hydrogen) atoms. The number of fused-ring (bicyclic) bond motifs is 1. The van der Waals surface area contributed by atoms with Gasteiger partial charge in [0, 0.05) is 25.9 Å². The van der Waals surface area contributed by atoms with Gasteiger partial charge in [-0.1, -0.05) is 0 Å². The van der Waals surface area contributed by atoms with Gasteiger partial charge in [-0.2, -0.15) is 0 Å². The normalized spacial score (nSPS) is 21.0. The molecular formula is C12H16N4O. The van der Waals surface area contributed by atoms with Crippen molar-refractivity contribution in [2.45, 2.75) is 12.8 Å². The molecule has 0 bridgehead atoms. The number of nitrogens with one attached hydrogen (secondary N) is 1. The van der Waals surface area contributed by atoms with E-state index in [-0.39, 0.29) is 6.61 Å². The molecule has 1 saturated heterocycles. The largest absolute Gasteiger partial charge is 0.396 e. The summed E-state index contributed by atoms with van der Waals surface area (Å²) in [4.78, 5) is 13.9. The maximum atomic E-state index is 9.26. The lowest BCUT2D eigenvalue weighted by Gasteiger charge is -2.32. The number of aliphatic hydroxyl groups excluding tert-OH is 1. The summed E-state index contributed by atoms with van der Waals surface area (Å²) >= 11 is 0. The molecule has 0 amide bonds. The van der Waals surface area contributed by atoms with Crippen molar-refractivity contribution in [3.63, 3.8) is 0 Å². The van der Waals surface area contributed by atoms with Gasteiger partial charge in [-0.3, -0.25) is 0 Å². The van der Waals surface area contributed by atoms with E-state index in [1.54, 1.807) is 6.33 Å². The second-order valence-electron chi connectivity index (χ2n) is 4.57. The Labute approximate surface area is 99.5 Å². The Hall–Kier alpha value is -1.62. The molecule has 3 heterocycles. The van der Waals surface area contributed by atoms with Crippen LogP contribution in [0.25, 0.3) is 11.0 Å². The van der Waals surface area contributed by atoms with Crippen LogP contribution in [0.5, 0.6) is 0 Å². The first-order chi connectivity index (χ1) is 8.38. The van der Waals surface area contributed by atoms with Crippen LogP contribution in [0.2, 0.25) is 0 Å². The van der Waals surface area contributed by atoms with E-state index in [9.17, 15) is 5.11 Å². The molecule has 1 aliphatic heterocycles. The maximum Gasteiger partial charge on any atom is 0.142 e. The van der Waals surface area contributed by atoms with Crippen molar-refractivity contribution < 1.29 is 5.11 Å². The first-order valence-corrected chi connectivity index (χ1v) is 6.02. The van der Waals surface area contributed by atoms with Crippen LogP contribution in [-0.2, 0) is 0 Å². The summed E-state index contributed by atoms with van der Waals surface area (Å²) < 4.78 is 0. The van der Waals surface area contributed by atoms with Gasteiger partial charge < -0.3 is 15.0 Å². The van der Waals surface area contributed by atoms with Crippen molar-refractivity contribution in [3.05, 3.63) is 18.6 Å². The Morgan fingerprint density at radius 1 is 1.47 bits per heavy atom. The van der Waals surface area contributed by atoms with Gasteiger partial charge in [0.15, 0.2) is 0 Å². The van der Waals surface area contributed by atoms with Crippen LogP contribution in [-0.4, -0.2) is 39.8 Å². The molecule has 5 nitrogen and oxygen atoms in total. The van der Waals surface area contributed by atoms with Crippen molar-refractivity contribution >= 4 is 16.9 Å². The SMILES string of the molecule is OCC1CCCN(c2ncnc3[nH]ccc23)C1. The number of rotatable bonds is 2. The molecule has 5 heteroatoms. The number of hydrogen-bond acceptors (Lipinski definition) is 4. The average Bonchev–Trinajstić information content (AvgIpc) is 2.87. The standard InChI is InChI=1S/C12H16N4O/c17-7-9-2-1-5-16(6-9)12-10-3-4-13-11(10)14-8-15-12/h3-4,8-9,17H,1-2,5-7H2,(H,13,14,15). The highest BCUT2D eigenvalue weighted by atomic mass is 16.3. The molecule has 2 N–H and O–H groups in total. The maximum absolute atomic E-state index is 9.26. The molecule has 1 aliphatic rings. The zero-order valence-electron chi connectivity index (χ0n) is 9.63. The summed E-state index contributed by atoms with van der Waals surface area (Å²) in [6, 6.07) is 2.01. The summed E-state index contributed by atoms with van der Waals surface area (Å²) in [7, 11) is 0. The van der Waals surface area contributed by atoms with Crippen LogP contribution in [0.3, 0.4) is 0 Å². The van der Waals surface area contributed by atoms with E-state index < -0.39 is 0 Å². The summed E-state index contributed by atoms with van der Waals surface area (Å²) in [5.41, 5.74) is 0.876. The molecule has 0 aromatic carbocycles. The highest BCUT2D eigenvalue weighted by molar-refractivity contribution is 5.87.